The van der Waals surface area contributed by atoms with Gasteiger partial charge in [-0.05, 0) is 13.0 Å². The minimum atomic E-state index is -0.505. The third kappa shape index (κ3) is 2.80. The lowest BCUT2D eigenvalue weighted by atomic mass is 10.2. The van der Waals surface area contributed by atoms with Crippen LogP contribution in [-0.2, 0) is 14.3 Å². The highest BCUT2D eigenvalue weighted by atomic mass is 16.6. The van der Waals surface area contributed by atoms with E-state index in [-0.39, 0.29) is 5.97 Å². The van der Waals surface area contributed by atoms with Crippen LogP contribution in [0.5, 0.6) is 0 Å². The number of methoxy groups -OCH3 is 2. The van der Waals surface area contributed by atoms with Crippen LogP contribution in [0.1, 0.15) is 6.42 Å². The standard InChI is InChI=1S/C6H13NO3/c1-9-5(3-4-7)6(8)10-2/h5H,3-4,7H2,1-2H3. The van der Waals surface area contributed by atoms with E-state index in [1.54, 1.807) is 0 Å². The Labute approximate surface area is 60.3 Å². The van der Waals surface area contributed by atoms with Gasteiger partial charge in [-0.25, -0.2) is 4.79 Å². The summed E-state index contributed by atoms with van der Waals surface area (Å²) in [4.78, 5) is 10.7. The van der Waals surface area contributed by atoms with Crippen molar-refractivity contribution in [1.29, 1.82) is 0 Å². The van der Waals surface area contributed by atoms with Gasteiger partial charge in [0, 0.05) is 7.11 Å². The summed E-state index contributed by atoms with van der Waals surface area (Å²) in [6.07, 6.45) is -0.00148. The maximum absolute atomic E-state index is 10.7. The molecule has 4 heteroatoms. The Kier molecular flexibility index (Phi) is 4.88. The fraction of sp³-hybridized carbons (Fsp3) is 0.833. The summed E-state index contributed by atoms with van der Waals surface area (Å²) in [5.41, 5.74) is 5.21. The van der Waals surface area contributed by atoms with Gasteiger partial charge in [-0.2, -0.15) is 0 Å². The molecule has 2 N–H and O–H groups in total. The zero-order chi connectivity index (χ0) is 7.98. The molecule has 0 aromatic carbocycles. The molecule has 0 aliphatic rings. The van der Waals surface area contributed by atoms with Crippen molar-refractivity contribution in [2.75, 3.05) is 20.8 Å². The zero-order valence-electron chi connectivity index (χ0n) is 6.29. The molecule has 0 radical (unpaired) electrons. The molecule has 10 heavy (non-hydrogen) atoms. The molecular weight excluding hydrogens is 134 g/mol. The van der Waals surface area contributed by atoms with E-state index in [2.05, 4.69) is 4.74 Å². The van der Waals surface area contributed by atoms with Crippen molar-refractivity contribution in [3.63, 3.8) is 0 Å². The number of hydrogen-bond donors (Lipinski definition) is 1. The molecule has 60 valence electrons. The van der Waals surface area contributed by atoms with Crippen molar-refractivity contribution in [3.05, 3.63) is 0 Å². The Morgan fingerprint density at radius 3 is 2.50 bits per heavy atom. The van der Waals surface area contributed by atoms with Crippen LogP contribution in [0.25, 0.3) is 0 Å². The van der Waals surface area contributed by atoms with Crippen molar-refractivity contribution in [2.45, 2.75) is 12.5 Å². The largest absolute Gasteiger partial charge is 0.467 e. The first-order valence-corrected chi connectivity index (χ1v) is 3.07. The van der Waals surface area contributed by atoms with Gasteiger partial charge in [0.05, 0.1) is 7.11 Å². The molecule has 0 amide bonds. The van der Waals surface area contributed by atoms with E-state index in [4.69, 9.17) is 10.5 Å². The van der Waals surface area contributed by atoms with Gasteiger partial charge in [0.15, 0.2) is 6.10 Å². The minimum Gasteiger partial charge on any atom is -0.467 e. The van der Waals surface area contributed by atoms with Crippen molar-refractivity contribution < 1.29 is 14.3 Å². The summed E-state index contributed by atoms with van der Waals surface area (Å²) >= 11 is 0. The Balaban J connectivity index is 3.68. The lowest BCUT2D eigenvalue weighted by molar-refractivity contribution is -0.152. The molecule has 0 fully saturated rings. The quantitative estimate of drug-likeness (QED) is 0.546. The molecule has 1 unspecified atom stereocenters. The molecule has 0 aromatic heterocycles. The fourth-order valence-corrected chi connectivity index (χ4v) is 0.615. The Morgan fingerprint density at radius 2 is 2.20 bits per heavy atom. The van der Waals surface area contributed by atoms with E-state index in [1.807, 2.05) is 0 Å². The zero-order valence-corrected chi connectivity index (χ0v) is 6.29. The number of ether oxygens (including phenoxy) is 2. The summed E-state index contributed by atoms with van der Waals surface area (Å²) in [6, 6.07) is 0. The van der Waals surface area contributed by atoms with Crippen LogP contribution in [0.2, 0.25) is 0 Å². The van der Waals surface area contributed by atoms with Crippen molar-refractivity contribution in [2.24, 2.45) is 5.73 Å². The SMILES string of the molecule is COC(=O)C(CCN)OC. The van der Waals surface area contributed by atoms with Gasteiger partial charge in [0.2, 0.25) is 0 Å². The van der Waals surface area contributed by atoms with E-state index < -0.39 is 6.10 Å². The van der Waals surface area contributed by atoms with Gasteiger partial charge in [-0.15, -0.1) is 0 Å². The summed E-state index contributed by atoms with van der Waals surface area (Å²) in [5, 5.41) is 0. The molecule has 0 bridgehead atoms. The van der Waals surface area contributed by atoms with Crippen LogP contribution in [0, 0.1) is 0 Å². The smallest absolute Gasteiger partial charge is 0.335 e. The summed E-state index contributed by atoms with van der Waals surface area (Å²) in [5.74, 6) is -0.368. The maximum atomic E-state index is 10.7. The number of carbonyl (C=O) groups is 1. The van der Waals surface area contributed by atoms with Crippen molar-refractivity contribution >= 4 is 5.97 Å². The van der Waals surface area contributed by atoms with E-state index in [0.717, 1.165) is 0 Å². The number of rotatable bonds is 4. The highest BCUT2D eigenvalue weighted by molar-refractivity contribution is 5.74. The second kappa shape index (κ2) is 5.20. The summed E-state index contributed by atoms with van der Waals surface area (Å²) in [7, 11) is 2.78. The molecule has 0 aliphatic carbocycles. The monoisotopic (exact) mass is 147 g/mol. The molecule has 0 saturated carbocycles. The van der Waals surface area contributed by atoms with E-state index >= 15 is 0 Å². The third-order valence-electron chi connectivity index (χ3n) is 1.18. The number of esters is 1. The predicted octanol–water partition coefficient (Wildman–Crippen LogP) is -0.477. The molecule has 0 aromatic rings. The minimum absolute atomic E-state index is 0.368. The second-order valence-electron chi connectivity index (χ2n) is 1.82. The Bertz CT molecular complexity index is 105. The van der Waals surface area contributed by atoms with E-state index in [9.17, 15) is 4.79 Å². The molecule has 0 rings (SSSR count). The molecule has 4 nitrogen and oxygen atoms in total. The maximum Gasteiger partial charge on any atom is 0.335 e. The predicted molar refractivity (Wildman–Crippen MR) is 36.5 cm³/mol. The highest BCUT2D eigenvalue weighted by Gasteiger charge is 2.16. The number of carbonyl (C=O) groups excluding carboxylic acids is 1. The van der Waals surface area contributed by atoms with Crippen LogP contribution in [0.3, 0.4) is 0 Å². The number of hydrogen-bond acceptors (Lipinski definition) is 4. The average molecular weight is 147 g/mol. The van der Waals surface area contributed by atoms with Crippen LogP contribution < -0.4 is 5.73 Å². The molecule has 0 heterocycles. The van der Waals surface area contributed by atoms with Crippen LogP contribution >= 0.6 is 0 Å². The van der Waals surface area contributed by atoms with Gasteiger partial charge in [0.1, 0.15) is 0 Å². The first-order valence-electron chi connectivity index (χ1n) is 3.07. The van der Waals surface area contributed by atoms with Gasteiger partial charge in [-0.1, -0.05) is 0 Å². The molecular formula is C6H13NO3. The summed E-state index contributed by atoms with van der Waals surface area (Å²) < 4.78 is 9.23. The number of nitrogens with two attached hydrogens (primary N) is 1. The first kappa shape index (κ1) is 9.39. The topological polar surface area (TPSA) is 61.5 Å². The highest BCUT2D eigenvalue weighted by Crippen LogP contribution is 1.96. The average Bonchev–Trinajstić information content (AvgIpc) is 1.99. The first-order chi connectivity index (χ1) is 4.76. The fourth-order valence-electron chi connectivity index (χ4n) is 0.615. The van der Waals surface area contributed by atoms with Crippen LogP contribution in [0.15, 0.2) is 0 Å². The normalized spacial score (nSPS) is 12.7. The molecule has 1 atom stereocenters. The van der Waals surface area contributed by atoms with Crippen molar-refractivity contribution in [3.8, 4) is 0 Å². The van der Waals surface area contributed by atoms with Crippen LogP contribution in [-0.4, -0.2) is 32.8 Å². The third-order valence-corrected chi connectivity index (χ3v) is 1.18. The molecule has 0 aliphatic heterocycles. The van der Waals surface area contributed by atoms with Crippen LogP contribution in [0.4, 0.5) is 0 Å². The molecule has 0 spiro atoms. The van der Waals surface area contributed by atoms with Crippen molar-refractivity contribution in [1.82, 2.24) is 0 Å². The lowest BCUT2D eigenvalue weighted by Crippen LogP contribution is -2.26. The van der Waals surface area contributed by atoms with Gasteiger partial charge < -0.3 is 15.2 Å². The Morgan fingerprint density at radius 1 is 1.60 bits per heavy atom. The Hall–Kier alpha value is -0.610. The lowest BCUT2D eigenvalue weighted by Gasteiger charge is -2.10. The molecule has 0 saturated heterocycles. The summed E-state index contributed by atoms with van der Waals surface area (Å²) in [6.45, 7) is 0.424. The van der Waals surface area contributed by atoms with Gasteiger partial charge in [-0.3, -0.25) is 0 Å². The van der Waals surface area contributed by atoms with Gasteiger partial charge >= 0.3 is 5.97 Å². The van der Waals surface area contributed by atoms with Gasteiger partial charge in [0.25, 0.3) is 0 Å². The van der Waals surface area contributed by atoms with E-state index in [1.165, 1.54) is 14.2 Å². The van der Waals surface area contributed by atoms with E-state index in [0.29, 0.717) is 13.0 Å². The second-order valence-corrected chi connectivity index (χ2v) is 1.82.